The largest absolute Gasteiger partial charge is 0.586 e. The van der Waals surface area contributed by atoms with Crippen LogP contribution in [-0.2, 0) is 4.74 Å². The van der Waals surface area contributed by atoms with Crippen molar-refractivity contribution in [2.24, 2.45) is 0 Å². The molecule has 0 amide bonds. The van der Waals surface area contributed by atoms with Gasteiger partial charge in [0.25, 0.3) is 0 Å². The van der Waals surface area contributed by atoms with Crippen LogP contribution >= 0.6 is 0 Å². The van der Waals surface area contributed by atoms with E-state index >= 15 is 0 Å². The number of rotatable bonds is 1. The van der Waals surface area contributed by atoms with Crippen LogP contribution in [-0.4, -0.2) is 26.1 Å². The molecule has 92 valence electrons. The van der Waals surface area contributed by atoms with Crippen molar-refractivity contribution in [3.8, 4) is 11.5 Å². The molecule has 2 heterocycles. The summed E-state index contributed by atoms with van der Waals surface area (Å²) in [5, 5.41) is 3.24. The van der Waals surface area contributed by atoms with Gasteiger partial charge in [-0.05, 0) is 17.7 Å². The van der Waals surface area contributed by atoms with E-state index in [2.05, 4.69) is 14.8 Å². The zero-order chi connectivity index (χ0) is 11.9. The minimum Gasteiger partial charge on any atom is -0.395 e. The van der Waals surface area contributed by atoms with Crippen LogP contribution in [0.1, 0.15) is 11.6 Å². The number of halogens is 2. The minimum atomic E-state index is -3.56. The van der Waals surface area contributed by atoms with E-state index in [1.807, 2.05) is 0 Å². The molecule has 6 heteroatoms. The molecule has 0 bridgehead atoms. The first-order valence-corrected chi connectivity index (χ1v) is 5.35. The van der Waals surface area contributed by atoms with Crippen LogP contribution in [0.25, 0.3) is 0 Å². The molecule has 3 rings (SSSR count). The second-order valence-corrected chi connectivity index (χ2v) is 3.96. The Bertz CT molecular complexity index is 433. The van der Waals surface area contributed by atoms with Gasteiger partial charge in [-0.25, -0.2) is 0 Å². The first kappa shape index (κ1) is 10.7. The third kappa shape index (κ3) is 2.05. The number of alkyl halides is 2. The fourth-order valence-corrected chi connectivity index (χ4v) is 1.96. The molecule has 1 N–H and O–H groups in total. The molecule has 0 aliphatic carbocycles. The van der Waals surface area contributed by atoms with Crippen molar-refractivity contribution in [3.05, 3.63) is 23.8 Å². The van der Waals surface area contributed by atoms with Crippen molar-refractivity contribution in [3.63, 3.8) is 0 Å². The molecular weight excluding hydrogens is 232 g/mol. The van der Waals surface area contributed by atoms with Crippen LogP contribution in [0.4, 0.5) is 8.78 Å². The molecule has 0 radical (unpaired) electrons. The van der Waals surface area contributed by atoms with Crippen molar-refractivity contribution in [2.45, 2.75) is 12.3 Å². The summed E-state index contributed by atoms with van der Waals surface area (Å²) in [5.41, 5.74) is 0.852. The molecule has 0 spiro atoms. The Morgan fingerprint density at radius 2 is 2.06 bits per heavy atom. The summed E-state index contributed by atoms with van der Waals surface area (Å²) in [7, 11) is 0. The number of benzene rings is 1. The Morgan fingerprint density at radius 1 is 1.24 bits per heavy atom. The highest BCUT2D eigenvalue weighted by Gasteiger charge is 2.43. The molecule has 0 unspecified atom stereocenters. The minimum absolute atomic E-state index is 0.00636. The van der Waals surface area contributed by atoms with Gasteiger partial charge in [-0.1, -0.05) is 6.07 Å². The van der Waals surface area contributed by atoms with E-state index in [0.29, 0.717) is 13.2 Å². The lowest BCUT2D eigenvalue weighted by molar-refractivity contribution is -0.286. The molecule has 0 saturated carbocycles. The number of fused-ring (bicyclic) bond motifs is 1. The zero-order valence-electron chi connectivity index (χ0n) is 8.91. The highest BCUT2D eigenvalue weighted by atomic mass is 19.3. The van der Waals surface area contributed by atoms with Crippen LogP contribution < -0.4 is 14.8 Å². The Hall–Kier alpha value is -1.40. The predicted octanol–water partition coefficient (Wildman–Crippen LogP) is 1.67. The van der Waals surface area contributed by atoms with Crippen molar-refractivity contribution >= 4 is 0 Å². The first-order chi connectivity index (χ1) is 8.14. The van der Waals surface area contributed by atoms with Crippen LogP contribution in [0.2, 0.25) is 0 Å². The van der Waals surface area contributed by atoms with Gasteiger partial charge in [-0.3, -0.25) is 0 Å². The Labute approximate surface area is 96.5 Å². The fourth-order valence-electron chi connectivity index (χ4n) is 1.96. The standard InChI is InChI=1S/C11H11F2NO3/c12-11(13)16-9-2-1-7(5-10(9)17-11)8-6-15-4-3-14-8/h1-2,5,8,14H,3-4,6H2/t8-/m0/s1. The zero-order valence-corrected chi connectivity index (χ0v) is 8.91. The van der Waals surface area contributed by atoms with Gasteiger partial charge in [0.05, 0.1) is 19.3 Å². The lowest BCUT2D eigenvalue weighted by Gasteiger charge is -2.24. The van der Waals surface area contributed by atoms with Crippen LogP contribution in [0.3, 0.4) is 0 Å². The monoisotopic (exact) mass is 243 g/mol. The highest BCUT2D eigenvalue weighted by molar-refractivity contribution is 5.46. The van der Waals surface area contributed by atoms with Crippen molar-refractivity contribution in [1.29, 1.82) is 0 Å². The van der Waals surface area contributed by atoms with Gasteiger partial charge in [0.15, 0.2) is 11.5 Å². The summed E-state index contributed by atoms with van der Waals surface area (Å²) >= 11 is 0. The smallest absolute Gasteiger partial charge is 0.395 e. The molecule has 4 nitrogen and oxygen atoms in total. The van der Waals surface area contributed by atoms with E-state index in [4.69, 9.17) is 4.74 Å². The second kappa shape index (κ2) is 3.82. The van der Waals surface area contributed by atoms with Gasteiger partial charge < -0.3 is 19.5 Å². The van der Waals surface area contributed by atoms with E-state index in [1.54, 1.807) is 12.1 Å². The lowest BCUT2D eigenvalue weighted by atomic mass is 10.1. The van der Waals surface area contributed by atoms with E-state index in [0.717, 1.165) is 12.1 Å². The van der Waals surface area contributed by atoms with Gasteiger partial charge >= 0.3 is 6.29 Å². The first-order valence-electron chi connectivity index (χ1n) is 5.35. The molecular formula is C11H11F2NO3. The molecule has 1 aromatic carbocycles. The Kier molecular flexibility index (Phi) is 2.41. The van der Waals surface area contributed by atoms with Crippen LogP contribution in [0.5, 0.6) is 11.5 Å². The quantitative estimate of drug-likeness (QED) is 0.814. The van der Waals surface area contributed by atoms with Crippen molar-refractivity contribution in [1.82, 2.24) is 5.32 Å². The third-order valence-electron chi connectivity index (χ3n) is 2.75. The highest BCUT2D eigenvalue weighted by Crippen LogP contribution is 2.42. The summed E-state index contributed by atoms with van der Waals surface area (Å²) in [6.07, 6.45) is -3.56. The lowest BCUT2D eigenvalue weighted by Crippen LogP contribution is -2.34. The molecule has 2 aliphatic heterocycles. The second-order valence-electron chi connectivity index (χ2n) is 3.96. The van der Waals surface area contributed by atoms with Gasteiger partial charge in [-0.15, -0.1) is 8.78 Å². The third-order valence-corrected chi connectivity index (χ3v) is 2.75. The maximum Gasteiger partial charge on any atom is 0.586 e. The molecule has 1 fully saturated rings. The summed E-state index contributed by atoms with van der Waals surface area (Å²) in [6, 6.07) is 4.78. The van der Waals surface area contributed by atoms with Gasteiger partial charge in [0.2, 0.25) is 0 Å². The Morgan fingerprint density at radius 3 is 2.82 bits per heavy atom. The normalized spacial score (nSPS) is 25.9. The molecule has 17 heavy (non-hydrogen) atoms. The number of hydrogen-bond acceptors (Lipinski definition) is 4. The molecule has 0 aromatic heterocycles. The van der Waals surface area contributed by atoms with Gasteiger partial charge in [0.1, 0.15) is 0 Å². The molecule has 1 saturated heterocycles. The number of nitrogens with one attached hydrogen (secondary N) is 1. The average Bonchev–Trinajstić information content (AvgIpc) is 2.63. The van der Waals surface area contributed by atoms with Gasteiger partial charge in [0, 0.05) is 6.54 Å². The fraction of sp³-hybridized carbons (Fsp3) is 0.455. The summed E-state index contributed by atoms with van der Waals surface area (Å²) < 4.78 is 39.7. The maximum absolute atomic E-state index is 12.8. The van der Waals surface area contributed by atoms with E-state index in [1.165, 1.54) is 6.07 Å². The predicted molar refractivity (Wildman–Crippen MR) is 54.2 cm³/mol. The maximum atomic E-state index is 12.8. The van der Waals surface area contributed by atoms with E-state index in [9.17, 15) is 8.78 Å². The van der Waals surface area contributed by atoms with Crippen LogP contribution in [0, 0.1) is 0 Å². The summed E-state index contributed by atoms with van der Waals surface area (Å²) in [4.78, 5) is 0. The van der Waals surface area contributed by atoms with E-state index < -0.39 is 6.29 Å². The van der Waals surface area contributed by atoms with Crippen LogP contribution in [0.15, 0.2) is 18.2 Å². The molecule has 1 aromatic rings. The van der Waals surface area contributed by atoms with E-state index in [-0.39, 0.29) is 17.5 Å². The Balaban J connectivity index is 1.85. The topological polar surface area (TPSA) is 39.7 Å². The number of morpholine rings is 1. The molecule has 1 atom stereocenters. The van der Waals surface area contributed by atoms with Gasteiger partial charge in [-0.2, -0.15) is 0 Å². The summed E-state index contributed by atoms with van der Waals surface area (Å²) in [6.45, 7) is 1.93. The average molecular weight is 243 g/mol. The molecule has 2 aliphatic rings. The number of ether oxygens (including phenoxy) is 3. The van der Waals surface area contributed by atoms with Crippen molar-refractivity contribution in [2.75, 3.05) is 19.8 Å². The number of hydrogen-bond donors (Lipinski definition) is 1. The SMILES string of the molecule is FC1(F)Oc2ccc([C@@H]3COCCN3)cc2O1. The summed E-state index contributed by atoms with van der Waals surface area (Å²) in [5.74, 6) is 0.135. The van der Waals surface area contributed by atoms with Crippen molar-refractivity contribution < 1.29 is 23.0 Å².